The number of benzene rings is 1. The van der Waals surface area contributed by atoms with Gasteiger partial charge >= 0.3 is 0 Å². The zero-order chi connectivity index (χ0) is 10.1. The molecular weight excluding hydrogens is 291 g/mol. The highest BCUT2D eigenvalue weighted by molar-refractivity contribution is 14.1. The molecule has 0 bridgehead atoms. The largest absolute Gasteiger partial charge is 0.273 e. The number of carbonyl (C=O) groups is 1. The number of rotatable bonds is 1. The third-order valence-corrected chi connectivity index (χ3v) is 2.85. The molecule has 14 heavy (non-hydrogen) atoms. The van der Waals surface area contributed by atoms with E-state index in [0.29, 0.717) is 6.42 Å². The Balaban J connectivity index is 2.29. The lowest BCUT2D eigenvalue weighted by Gasteiger charge is -1.99. The van der Waals surface area contributed by atoms with Gasteiger partial charge in [0.05, 0.1) is 12.1 Å². The van der Waals surface area contributed by atoms with Crippen LogP contribution in [0.25, 0.3) is 0 Å². The van der Waals surface area contributed by atoms with E-state index >= 15 is 0 Å². The Bertz CT molecular complexity index is 397. The van der Waals surface area contributed by atoms with Crippen LogP contribution in [0.3, 0.4) is 0 Å². The highest BCUT2D eigenvalue weighted by atomic mass is 127. The number of carbonyl (C=O) groups excluding carboxylic acids is 1. The molecule has 0 aromatic heterocycles. The normalized spacial score (nSPS) is 16.0. The van der Waals surface area contributed by atoms with Gasteiger partial charge in [-0.25, -0.2) is 5.01 Å². The fraction of sp³-hybridized carbons (Fsp3) is 0.200. The molecule has 0 saturated heterocycles. The van der Waals surface area contributed by atoms with Crippen molar-refractivity contribution in [1.82, 2.24) is 5.01 Å². The molecule has 1 aliphatic rings. The van der Waals surface area contributed by atoms with E-state index in [1.807, 2.05) is 24.3 Å². The molecule has 0 fully saturated rings. The molecule has 72 valence electrons. The standard InChI is InChI=1S/C10H9IN2O/c1-13-10(14)6-9(12-13)7-2-4-8(11)5-3-7/h2-5H,6H2,1H3. The van der Waals surface area contributed by atoms with Crippen LogP contribution < -0.4 is 0 Å². The second kappa shape index (κ2) is 3.68. The number of hydrogen-bond donors (Lipinski definition) is 0. The summed E-state index contributed by atoms with van der Waals surface area (Å²) < 4.78 is 1.18. The van der Waals surface area contributed by atoms with E-state index in [4.69, 9.17) is 0 Å². The molecule has 4 heteroatoms. The highest BCUT2D eigenvalue weighted by Crippen LogP contribution is 2.14. The van der Waals surface area contributed by atoms with E-state index in [0.717, 1.165) is 11.3 Å². The lowest BCUT2D eigenvalue weighted by Crippen LogP contribution is -2.14. The molecule has 3 nitrogen and oxygen atoms in total. The van der Waals surface area contributed by atoms with E-state index in [-0.39, 0.29) is 5.91 Å². The number of hydrogen-bond acceptors (Lipinski definition) is 2. The van der Waals surface area contributed by atoms with Crippen molar-refractivity contribution in [3.05, 3.63) is 33.4 Å². The van der Waals surface area contributed by atoms with Gasteiger partial charge in [0.15, 0.2) is 0 Å². The molecule has 0 atom stereocenters. The van der Waals surface area contributed by atoms with Crippen molar-refractivity contribution in [3.8, 4) is 0 Å². The minimum Gasteiger partial charge on any atom is -0.273 e. The maximum atomic E-state index is 11.2. The first-order chi connectivity index (χ1) is 6.66. The van der Waals surface area contributed by atoms with Crippen LogP contribution in [0.15, 0.2) is 29.4 Å². The van der Waals surface area contributed by atoms with Crippen molar-refractivity contribution in [2.24, 2.45) is 5.10 Å². The van der Waals surface area contributed by atoms with Crippen LogP contribution >= 0.6 is 22.6 Å². The Morgan fingerprint density at radius 2 is 2.00 bits per heavy atom. The predicted octanol–water partition coefficient (Wildman–Crippen LogP) is 1.86. The Morgan fingerprint density at radius 1 is 1.36 bits per heavy atom. The summed E-state index contributed by atoms with van der Waals surface area (Å²) >= 11 is 2.25. The smallest absolute Gasteiger partial charge is 0.248 e. The molecule has 0 aliphatic carbocycles. The van der Waals surface area contributed by atoms with Crippen LogP contribution in [0.1, 0.15) is 12.0 Å². The average molecular weight is 300 g/mol. The van der Waals surface area contributed by atoms with Crippen molar-refractivity contribution in [2.75, 3.05) is 7.05 Å². The molecule has 0 spiro atoms. The first kappa shape index (κ1) is 9.64. The monoisotopic (exact) mass is 300 g/mol. The van der Waals surface area contributed by atoms with Gasteiger partial charge in [0.2, 0.25) is 5.91 Å². The average Bonchev–Trinajstić information content (AvgIpc) is 2.48. The summed E-state index contributed by atoms with van der Waals surface area (Å²) in [5.41, 5.74) is 1.89. The van der Waals surface area contributed by atoms with E-state index in [9.17, 15) is 4.79 Å². The molecule has 0 N–H and O–H groups in total. The zero-order valence-electron chi connectivity index (χ0n) is 7.70. The molecule has 1 aromatic carbocycles. The molecule has 0 radical (unpaired) electrons. The number of nitrogens with zero attached hydrogens (tertiary/aromatic N) is 2. The Hall–Kier alpha value is -0.910. The summed E-state index contributed by atoms with van der Waals surface area (Å²) in [5.74, 6) is 0.0542. The van der Waals surface area contributed by atoms with Crippen molar-refractivity contribution >= 4 is 34.2 Å². The van der Waals surface area contributed by atoms with Crippen LogP contribution in [0, 0.1) is 3.57 Å². The van der Waals surface area contributed by atoms with Gasteiger partial charge in [0.25, 0.3) is 0 Å². The van der Waals surface area contributed by atoms with Crippen LogP contribution in [0.4, 0.5) is 0 Å². The van der Waals surface area contributed by atoms with Crippen LogP contribution in [0.2, 0.25) is 0 Å². The Morgan fingerprint density at radius 3 is 2.50 bits per heavy atom. The molecule has 1 aromatic rings. The first-order valence-electron chi connectivity index (χ1n) is 4.27. The highest BCUT2D eigenvalue weighted by Gasteiger charge is 2.20. The summed E-state index contributed by atoms with van der Waals surface area (Å²) in [7, 11) is 1.68. The van der Waals surface area contributed by atoms with Crippen LogP contribution in [-0.2, 0) is 4.79 Å². The van der Waals surface area contributed by atoms with E-state index in [1.54, 1.807) is 7.05 Å². The molecule has 1 heterocycles. The second-order valence-corrected chi connectivity index (χ2v) is 4.39. The topological polar surface area (TPSA) is 32.7 Å². The zero-order valence-corrected chi connectivity index (χ0v) is 9.85. The maximum absolute atomic E-state index is 11.2. The fourth-order valence-corrected chi connectivity index (χ4v) is 1.69. The third kappa shape index (κ3) is 1.79. The summed E-state index contributed by atoms with van der Waals surface area (Å²) in [6.45, 7) is 0. The number of halogens is 1. The van der Waals surface area contributed by atoms with E-state index in [2.05, 4.69) is 27.7 Å². The van der Waals surface area contributed by atoms with Gasteiger partial charge in [-0.05, 0) is 40.3 Å². The van der Waals surface area contributed by atoms with Gasteiger partial charge < -0.3 is 0 Å². The van der Waals surface area contributed by atoms with Crippen molar-refractivity contribution in [2.45, 2.75) is 6.42 Å². The molecule has 1 aliphatic heterocycles. The second-order valence-electron chi connectivity index (χ2n) is 3.15. The third-order valence-electron chi connectivity index (χ3n) is 2.13. The summed E-state index contributed by atoms with van der Waals surface area (Å²) in [4.78, 5) is 11.2. The van der Waals surface area contributed by atoms with Gasteiger partial charge in [-0.3, -0.25) is 4.79 Å². The first-order valence-corrected chi connectivity index (χ1v) is 5.34. The lowest BCUT2D eigenvalue weighted by atomic mass is 10.1. The minimum absolute atomic E-state index is 0.0542. The van der Waals surface area contributed by atoms with Crippen molar-refractivity contribution in [3.63, 3.8) is 0 Å². The predicted molar refractivity (Wildman–Crippen MR) is 63.1 cm³/mol. The Labute approximate surface area is 95.9 Å². The van der Waals surface area contributed by atoms with Gasteiger partial charge in [0.1, 0.15) is 0 Å². The summed E-state index contributed by atoms with van der Waals surface area (Å²) in [5, 5.41) is 5.56. The van der Waals surface area contributed by atoms with Crippen molar-refractivity contribution < 1.29 is 4.79 Å². The molecule has 0 saturated carbocycles. The van der Waals surface area contributed by atoms with E-state index < -0.39 is 0 Å². The molecular formula is C10H9IN2O. The minimum atomic E-state index is 0.0542. The van der Waals surface area contributed by atoms with Crippen LogP contribution in [-0.4, -0.2) is 23.7 Å². The quantitative estimate of drug-likeness (QED) is 0.729. The Kier molecular flexibility index (Phi) is 2.54. The number of amides is 1. The lowest BCUT2D eigenvalue weighted by molar-refractivity contribution is -0.127. The summed E-state index contributed by atoms with van der Waals surface area (Å²) in [6, 6.07) is 8.02. The van der Waals surface area contributed by atoms with Crippen LogP contribution in [0.5, 0.6) is 0 Å². The fourth-order valence-electron chi connectivity index (χ4n) is 1.33. The van der Waals surface area contributed by atoms with Gasteiger partial charge in [-0.2, -0.15) is 5.10 Å². The van der Waals surface area contributed by atoms with Gasteiger partial charge in [-0.1, -0.05) is 12.1 Å². The van der Waals surface area contributed by atoms with Gasteiger partial charge in [0, 0.05) is 10.6 Å². The summed E-state index contributed by atoms with van der Waals surface area (Å²) in [6.07, 6.45) is 0.414. The van der Waals surface area contributed by atoms with E-state index in [1.165, 1.54) is 8.58 Å². The van der Waals surface area contributed by atoms with Gasteiger partial charge in [-0.15, -0.1) is 0 Å². The molecule has 2 rings (SSSR count). The maximum Gasteiger partial charge on any atom is 0.248 e. The molecule has 1 amide bonds. The molecule has 0 unspecified atom stereocenters. The van der Waals surface area contributed by atoms with Crippen molar-refractivity contribution in [1.29, 1.82) is 0 Å². The number of hydrazone groups is 1. The SMILES string of the molecule is CN1N=C(c2ccc(I)cc2)CC1=O.